The number of ketones is 1. The Morgan fingerprint density at radius 2 is 1.79 bits per heavy atom. The fourth-order valence-corrected chi connectivity index (χ4v) is 1.96. The van der Waals surface area contributed by atoms with Gasteiger partial charge < -0.3 is 5.73 Å². The van der Waals surface area contributed by atoms with Crippen LogP contribution in [0.5, 0.6) is 0 Å². The summed E-state index contributed by atoms with van der Waals surface area (Å²) in [7, 11) is 0. The van der Waals surface area contributed by atoms with Gasteiger partial charge in [0.25, 0.3) is 0 Å². The van der Waals surface area contributed by atoms with Crippen LogP contribution >= 0.6 is 11.6 Å². The lowest BCUT2D eigenvalue weighted by molar-refractivity contribution is 0.103. The van der Waals surface area contributed by atoms with E-state index in [2.05, 4.69) is 0 Å². The van der Waals surface area contributed by atoms with Gasteiger partial charge in [-0.2, -0.15) is 0 Å². The summed E-state index contributed by atoms with van der Waals surface area (Å²) in [6, 6.07) is 6.48. The summed E-state index contributed by atoms with van der Waals surface area (Å²) in [6.45, 7) is 1.75. The second kappa shape index (κ2) is 4.97. The lowest BCUT2D eigenvalue weighted by atomic mass is 9.99. The van der Waals surface area contributed by atoms with Gasteiger partial charge in [0, 0.05) is 16.8 Å². The van der Waals surface area contributed by atoms with Gasteiger partial charge in [-0.25, -0.2) is 8.78 Å². The molecule has 0 amide bonds. The van der Waals surface area contributed by atoms with Crippen molar-refractivity contribution in [2.24, 2.45) is 0 Å². The van der Waals surface area contributed by atoms with Crippen molar-refractivity contribution in [3.05, 3.63) is 63.7 Å². The molecule has 0 bridgehead atoms. The molecular formula is C14H10ClF2NO. The van der Waals surface area contributed by atoms with Crippen LogP contribution in [0.1, 0.15) is 21.5 Å². The first-order chi connectivity index (χ1) is 8.91. The highest BCUT2D eigenvalue weighted by Gasteiger charge is 2.18. The number of rotatable bonds is 2. The molecule has 0 aliphatic carbocycles. The Balaban J connectivity index is 2.56. The van der Waals surface area contributed by atoms with Gasteiger partial charge in [-0.3, -0.25) is 4.79 Å². The van der Waals surface area contributed by atoms with Crippen LogP contribution in [0, 0.1) is 18.6 Å². The van der Waals surface area contributed by atoms with Gasteiger partial charge in [-0.1, -0.05) is 23.7 Å². The van der Waals surface area contributed by atoms with Crippen LogP contribution < -0.4 is 5.73 Å². The third-order valence-corrected chi connectivity index (χ3v) is 3.14. The quantitative estimate of drug-likeness (QED) is 0.518. The Kier molecular flexibility index (Phi) is 3.53. The number of hydrogen-bond acceptors (Lipinski definition) is 2. The van der Waals surface area contributed by atoms with E-state index < -0.39 is 17.4 Å². The number of anilines is 1. The molecule has 5 heteroatoms. The maximum absolute atomic E-state index is 13.2. The van der Waals surface area contributed by atoms with E-state index in [1.165, 1.54) is 6.07 Å². The molecule has 2 nitrogen and oxygen atoms in total. The van der Waals surface area contributed by atoms with Crippen molar-refractivity contribution in [2.75, 3.05) is 5.73 Å². The van der Waals surface area contributed by atoms with Gasteiger partial charge in [-0.05, 0) is 30.7 Å². The molecule has 0 unspecified atom stereocenters. The van der Waals surface area contributed by atoms with Crippen molar-refractivity contribution >= 4 is 23.1 Å². The number of halogens is 3. The molecular weight excluding hydrogens is 272 g/mol. The Morgan fingerprint density at radius 3 is 2.47 bits per heavy atom. The monoisotopic (exact) mass is 281 g/mol. The van der Waals surface area contributed by atoms with E-state index in [0.29, 0.717) is 5.69 Å². The van der Waals surface area contributed by atoms with Crippen molar-refractivity contribution in [3.63, 3.8) is 0 Å². The minimum Gasteiger partial charge on any atom is -0.398 e. The maximum atomic E-state index is 13.2. The zero-order valence-electron chi connectivity index (χ0n) is 10.0. The topological polar surface area (TPSA) is 43.1 Å². The summed E-state index contributed by atoms with van der Waals surface area (Å²) < 4.78 is 26.2. The highest BCUT2D eigenvalue weighted by Crippen LogP contribution is 2.26. The van der Waals surface area contributed by atoms with Crippen LogP contribution in [0.15, 0.2) is 30.3 Å². The van der Waals surface area contributed by atoms with Gasteiger partial charge in [-0.15, -0.1) is 0 Å². The lowest BCUT2D eigenvalue weighted by Crippen LogP contribution is -2.08. The predicted molar refractivity (Wildman–Crippen MR) is 70.4 cm³/mol. The molecule has 0 heterocycles. The van der Waals surface area contributed by atoms with E-state index >= 15 is 0 Å². The number of carbonyl (C=O) groups is 1. The molecule has 2 aromatic rings. The van der Waals surface area contributed by atoms with Crippen molar-refractivity contribution < 1.29 is 13.6 Å². The molecule has 0 aromatic heterocycles. The minimum atomic E-state index is -1.13. The molecule has 98 valence electrons. The van der Waals surface area contributed by atoms with Crippen molar-refractivity contribution in [1.82, 2.24) is 0 Å². The normalized spacial score (nSPS) is 10.5. The van der Waals surface area contributed by atoms with E-state index in [9.17, 15) is 13.6 Å². The van der Waals surface area contributed by atoms with Crippen LogP contribution in [0.3, 0.4) is 0 Å². The number of carbonyl (C=O) groups excluding carboxylic acids is 1. The second-order valence-electron chi connectivity index (χ2n) is 4.11. The minimum absolute atomic E-state index is 0.113. The molecule has 0 atom stereocenters. The van der Waals surface area contributed by atoms with E-state index in [1.54, 1.807) is 19.1 Å². The van der Waals surface area contributed by atoms with Crippen LogP contribution in [-0.4, -0.2) is 5.78 Å². The maximum Gasteiger partial charge on any atom is 0.196 e. The van der Waals surface area contributed by atoms with Crippen LogP contribution in [-0.2, 0) is 0 Å². The summed E-state index contributed by atoms with van der Waals surface area (Å²) in [4.78, 5) is 12.3. The molecule has 0 saturated heterocycles. The molecule has 2 aromatic carbocycles. The molecule has 0 saturated carbocycles. The number of nitrogens with two attached hydrogens (primary N) is 1. The Morgan fingerprint density at radius 1 is 1.16 bits per heavy atom. The van der Waals surface area contributed by atoms with E-state index in [-0.39, 0.29) is 16.1 Å². The summed E-state index contributed by atoms with van der Waals surface area (Å²) in [5.41, 5.74) is 6.94. The van der Waals surface area contributed by atoms with E-state index in [4.69, 9.17) is 17.3 Å². The molecule has 0 fully saturated rings. The number of aryl methyl sites for hydroxylation is 1. The zero-order chi connectivity index (χ0) is 14.2. The van der Waals surface area contributed by atoms with Crippen LogP contribution in [0.4, 0.5) is 14.5 Å². The Labute approximate surface area is 113 Å². The first-order valence-corrected chi connectivity index (χ1v) is 5.84. The summed E-state index contributed by atoms with van der Waals surface area (Å²) in [5.74, 6) is -2.76. The fraction of sp³-hybridized carbons (Fsp3) is 0.0714. The van der Waals surface area contributed by atoms with Crippen molar-refractivity contribution in [3.8, 4) is 0 Å². The third kappa shape index (κ3) is 2.44. The molecule has 2 rings (SSSR count). The summed E-state index contributed by atoms with van der Waals surface area (Å²) >= 11 is 5.77. The largest absolute Gasteiger partial charge is 0.398 e. The molecule has 0 aliphatic heterocycles. The van der Waals surface area contributed by atoms with E-state index in [1.807, 2.05) is 0 Å². The molecule has 0 aliphatic rings. The van der Waals surface area contributed by atoms with E-state index in [0.717, 1.165) is 17.7 Å². The molecule has 0 radical (unpaired) electrons. The van der Waals surface area contributed by atoms with Crippen LogP contribution in [0.25, 0.3) is 0 Å². The number of benzene rings is 2. The standard InChI is InChI=1S/C14H10ClF2NO/c1-7-3-2-4-8(13(7)18)14(19)9-5-11(16)12(17)6-10(9)15/h2-6H,18H2,1H3. The molecule has 2 N–H and O–H groups in total. The first kappa shape index (κ1) is 13.5. The number of para-hydroxylation sites is 1. The summed E-state index contributed by atoms with van der Waals surface area (Å²) in [6.07, 6.45) is 0. The third-order valence-electron chi connectivity index (χ3n) is 2.82. The predicted octanol–water partition coefficient (Wildman–Crippen LogP) is 3.74. The zero-order valence-corrected chi connectivity index (χ0v) is 10.8. The van der Waals surface area contributed by atoms with Gasteiger partial charge in [0.1, 0.15) is 0 Å². The van der Waals surface area contributed by atoms with Gasteiger partial charge >= 0.3 is 0 Å². The van der Waals surface area contributed by atoms with Gasteiger partial charge in [0.2, 0.25) is 0 Å². The average Bonchev–Trinajstić information content (AvgIpc) is 2.36. The SMILES string of the molecule is Cc1cccc(C(=O)c2cc(F)c(F)cc2Cl)c1N. The average molecular weight is 282 g/mol. The highest BCUT2D eigenvalue weighted by molar-refractivity contribution is 6.35. The molecule has 19 heavy (non-hydrogen) atoms. The van der Waals surface area contributed by atoms with Gasteiger partial charge in [0.05, 0.1) is 5.02 Å². The molecule has 0 spiro atoms. The lowest BCUT2D eigenvalue weighted by Gasteiger charge is -2.09. The smallest absolute Gasteiger partial charge is 0.196 e. The van der Waals surface area contributed by atoms with Crippen molar-refractivity contribution in [2.45, 2.75) is 6.92 Å². The van der Waals surface area contributed by atoms with Gasteiger partial charge in [0.15, 0.2) is 17.4 Å². The van der Waals surface area contributed by atoms with Crippen LogP contribution in [0.2, 0.25) is 5.02 Å². The second-order valence-corrected chi connectivity index (χ2v) is 4.52. The van der Waals surface area contributed by atoms with Crippen molar-refractivity contribution in [1.29, 1.82) is 0 Å². The summed E-state index contributed by atoms with van der Waals surface area (Å²) in [5, 5.41) is -0.148. The highest BCUT2D eigenvalue weighted by atomic mass is 35.5. The number of nitrogen functional groups attached to an aromatic ring is 1. The first-order valence-electron chi connectivity index (χ1n) is 5.46. The Bertz CT molecular complexity index is 671. The Hall–Kier alpha value is -1.94. The number of hydrogen-bond donors (Lipinski definition) is 1. The fourth-order valence-electron chi connectivity index (χ4n) is 1.72.